The molecular formula is C5H8NO3. The van der Waals surface area contributed by atoms with Crippen LogP contribution in [0.5, 0.6) is 0 Å². The first-order valence-electron chi connectivity index (χ1n) is 2.73. The number of hydrogen-bond donors (Lipinski definition) is 2. The van der Waals surface area contributed by atoms with Crippen molar-refractivity contribution in [1.29, 1.82) is 0 Å². The van der Waals surface area contributed by atoms with Gasteiger partial charge >= 0.3 is 5.97 Å². The Balaban J connectivity index is 2.31. The van der Waals surface area contributed by atoms with Gasteiger partial charge in [-0.3, -0.25) is 0 Å². The van der Waals surface area contributed by atoms with Crippen LogP contribution in [-0.4, -0.2) is 30.8 Å². The number of carbonyl (C=O) groups is 1. The molecule has 1 fully saturated rings. The lowest BCUT2D eigenvalue weighted by Crippen LogP contribution is -2.37. The van der Waals surface area contributed by atoms with Gasteiger partial charge in [-0.25, -0.2) is 4.79 Å². The molecule has 9 heavy (non-hydrogen) atoms. The van der Waals surface area contributed by atoms with Crippen molar-refractivity contribution in [2.75, 3.05) is 19.7 Å². The van der Waals surface area contributed by atoms with Crippen LogP contribution in [0.15, 0.2) is 0 Å². The molecule has 2 N–H and O–H groups in total. The summed E-state index contributed by atoms with van der Waals surface area (Å²) in [6, 6.07) is 0. The molecule has 1 saturated heterocycles. The van der Waals surface area contributed by atoms with E-state index < -0.39 is 5.97 Å². The molecule has 4 nitrogen and oxygen atoms in total. The Morgan fingerprint density at radius 3 is 2.89 bits per heavy atom. The quantitative estimate of drug-likeness (QED) is 0.489. The lowest BCUT2D eigenvalue weighted by molar-refractivity contribution is -0.142. The zero-order valence-corrected chi connectivity index (χ0v) is 4.89. The largest absolute Gasteiger partial charge is 0.479 e. The van der Waals surface area contributed by atoms with E-state index in [9.17, 15) is 4.79 Å². The number of carboxylic acid groups (broad SMARTS) is 1. The van der Waals surface area contributed by atoms with E-state index in [4.69, 9.17) is 9.84 Å². The van der Waals surface area contributed by atoms with Gasteiger partial charge in [-0.05, 0) is 0 Å². The van der Waals surface area contributed by atoms with Gasteiger partial charge in [-0.1, -0.05) is 0 Å². The minimum Gasteiger partial charge on any atom is -0.479 e. The van der Waals surface area contributed by atoms with Gasteiger partial charge in [0.25, 0.3) is 0 Å². The third-order valence-corrected chi connectivity index (χ3v) is 1.08. The molecule has 4 heteroatoms. The SMILES string of the molecule is O=C(O)[C]1CNCCO1. The third kappa shape index (κ3) is 1.65. The van der Waals surface area contributed by atoms with Crippen molar-refractivity contribution in [3.63, 3.8) is 0 Å². The number of hydrogen-bond acceptors (Lipinski definition) is 3. The molecule has 1 radical (unpaired) electrons. The molecule has 0 aromatic carbocycles. The fraction of sp³-hybridized carbons (Fsp3) is 0.600. The Hall–Kier alpha value is -0.610. The van der Waals surface area contributed by atoms with Crippen LogP contribution in [0, 0.1) is 6.10 Å². The van der Waals surface area contributed by atoms with E-state index in [-0.39, 0.29) is 6.10 Å². The topological polar surface area (TPSA) is 58.6 Å². The summed E-state index contributed by atoms with van der Waals surface area (Å²) in [7, 11) is 0. The molecule has 0 spiro atoms. The molecule has 0 aliphatic carbocycles. The first kappa shape index (κ1) is 6.51. The molecule has 0 unspecified atom stereocenters. The van der Waals surface area contributed by atoms with Gasteiger partial charge in [0.1, 0.15) is 0 Å². The summed E-state index contributed by atoms with van der Waals surface area (Å²) >= 11 is 0. The van der Waals surface area contributed by atoms with Crippen LogP contribution < -0.4 is 5.32 Å². The maximum Gasteiger partial charge on any atom is 0.341 e. The van der Waals surface area contributed by atoms with Crippen LogP contribution in [0.2, 0.25) is 0 Å². The highest BCUT2D eigenvalue weighted by atomic mass is 16.5. The zero-order chi connectivity index (χ0) is 6.69. The summed E-state index contributed by atoms with van der Waals surface area (Å²) in [5, 5.41) is 11.2. The van der Waals surface area contributed by atoms with Crippen molar-refractivity contribution in [3.05, 3.63) is 6.10 Å². The number of nitrogens with one attached hydrogen (secondary N) is 1. The Morgan fingerprint density at radius 1 is 1.78 bits per heavy atom. The van der Waals surface area contributed by atoms with Gasteiger partial charge in [-0.2, -0.15) is 0 Å². The normalized spacial score (nSPS) is 21.8. The molecule has 1 aliphatic heterocycles. The molecule has 0 saturated carbocycles. The van der Waals surface area contributed by atoms with E-state index in [1.54, 1.807) is 0 Å². The van der Waals surface area contributed by atoms with Crippen LogP contribution in [0.25, 0.3) is 0 Å². The molecular weight excluding hydrogens is 122 g/mol. The fourth-order valence-corrected chi connectivity index (χ4v) is 0.637. The smallest absolute Gasteiger partial charge is 0.341 e. The van der Waals surface area contributed by atoms with E-state index in [1.807, 2.05) is 0 Å². The van der Waals surface area contributed by atoms with Gasteiger partial charge in [0.2, 0.25) is 6.10 Å². The summed E-state index contributed by atoms with van der Waals surface area (Å²) in [6.07, 6.45) is 0.112. The summed E-state index contributed by atoms with van der Waals surface area (Å²) < 4.78 is 4.79. The second kappa shape index (κ2) is 2.80. The highest BCUT2D eigenvalue weighted by molar-refractivity contribution is 5.81. The van der Waals surface area contributed by atoms with E-state index in [0.717, 1.165) is 6.54 Å². The van der Waals surface area contributed by atoms with Crippen molar-refractivity contribution in [3.8, 4) is 0 Å². The number of carboxylic acids is 1. The molecule has 0 aromatic heterocycles. The zero-order valence-electron chi connectivity index (χ0n) is 4.89. The maximum atomic E-state index is 10.2. The summed E-state index contributed by atoms with van der Waals surface area (Å²) in [5.41, 5.74) is 0. The number of ether oxygens (including phenoxy) is 1. The molecule has 0 amide bonds. The van der Waals surface area contributed by atoms with Crippen molar-refractivity contribution in [2.24, 2.45) is 0 Å². The highest BCUT2D eigenvalue weighted by Crippen LogP contribution is 2.03. The minimum absolute atomic E-state index is 0.112. The number of morpholine rings is 1. The predicted octanol–water partition coefficient (Wildman–Crippen LogP) is -0.777. The average molecular weight is 130 g/mol. The van der Waals surface area contributed by atoms with Crippen molar-refractivity contribution >= 4 is 5.97 Å². The maximum absolute atomic E-state index is 10.2. The molecule has 51 valence electrons. The summed E-state index contributed by atoms with van der Waals surface area (Å²) in [5.74, 6) is -0.970. The van der Waals surface area contributed by atoms with Gasteiger partial charge in [-0.15, -0.1) is 0 Å². The minimum atomic E-state index is -0.970. The Bertz CT molecular complexity index is 109. The number of rotatable bonds is 1. The van der Waals surface area contributed by atoms with E-state index in [2.05, 4.69) is 5.32 Å². The van der Waals surface area contributed by atoms with Crippen LogP contribution in [0.1, 0.15) is 0 Å². The standard InChI is InChI=1S/C5H8NO3/c7-5(8)4-3-6-1-2-9-4/h6H,1-3H2,(H,7,8). The predicted molar refractivity (Wildman–Crippen MR) is 29.7 cm³/mol. The van der Waals surface area contributed by atoms with Crippen LogP contribution in [0.4, 0.5) is 0 Å². The molecule has 0 aromatic rings. The Kier molecular flexibility index (Phi) is 2.02. The van der Waals surface area contributed by atoms with E-state index in [0.29, 0.717) is 13.2 Å². The van der Waals surface area contributed by atoms with E-state index >= 15 is 0 Å². The molecule has 0 atom stereocenters. The van der Waals surface area contributed by atoms with Crippen molar-refractivity contribution in [1.82, 2.24) is 5.32 Å². The van der Waals surface area contributed by atoms with Crippen molar-refractivity contribution in [2.45, 2.75) is 0 Å². The first-order chi connectivity index (χ1) is 4.30. The summed E-state index contributed by atoms with van der Waals surface area (Å²) in [4.78, 5) is 10.2. The first-order valence-corrected chi connectivity index (χ1v) is 2.73. The van der Waals surface area contributed by atoms with E-state index in [1.165, 1.54) is 0 Å². The second-order valence-electron chi connectivity index (χ2n) is 1.75. The highest BCUT2D eigenvalue weighted by Gasteiger charge is 2.21. The molecule has 1 rings (SSSR count). The van der Waals surface area contributed by atoms with Crippen LogP contribution >= 0.6 is 0 Å². The lowest BCUT2D eigenvalue weighted by Gasteiger charge is -2.17. The summed E-state index contributed by atoms with van der Waals surface area (Å²) in [6.45, 7) is 1.54. The van der Waals surface area contributed by atoms with Gasteiger partial charge < -0.3 is 15.2 Å². The molecule has 0 bridgehead atoms. The van der Waals surface area contributed by atoms with Crippen molar-refractivity contribution < 1.29 is 14.6 Å². The Labute approximate surface area is 52.8 Å². The van der Waals surface area contributed by atoms with Crippen LogP contribution in [0.3, 0.4) is 0 Å². The second-order valence-corrected chi connectivity index (χ2v) is 1.75. The average Bonchev–Trinajstić information content (AvgIpc) is 1.90. The monoisotopic (exact) mass is 130 g/mol. The van der Waals surface area contributed by atoms with Gasteiger partial charge in [0, 0.05) is 13.1 Å². The molecule has 1 aliphatic rings. The van der Waals surface area contributed by atoms with Gasteiger partial charge in [0.05, 0.1) is 6.61 Å². The fourth-order valence-electron chi connectivity index (χ4n) is 0.637. The molecule has 1 heterocycles. The van der Waals surface area contributed by atoms with Gasteiger partial charge in [0.15, 0.2) is 0 Å². The number of aliphatic carboxylic acids is 1. The Morgan fingerprint density at radius 2 is 2.56 bits per heavy atom. The lowest BCUT2D eigenvalue weighted by atomic mass is 10.3. The third-order valence-electron chi connectivity index (χ3n) is 1.08. The van der Waals surface area contributed by atoms with Crippen LogP contribution in [-0.2, 0) is 9.53 Å².